The van der Waals surface area contributed by atoms with Crippen molar-refractivity contribution in [3.8, 4) is 12.3 Å². The van der Waals surface area contributed by atoms with Crippen molar-refractivity contribution in [3.05, 3.63) is 29.8 Å². The van der Waals surface area contributed by atoms with Crippen LogP contribution >= 0.6 is 0 Å². The fourth-order valence-electron chi connectivity index (χ4n) is 1.41. The molecule has 0 saturated heterocycles. The summed E-state index contributed by atoms with van der Waals surface area (Å²) in [5, 5.41) is 5.65. The summed E-state index contributed by atoms with van der Waals surface area (Å²) >= 11 is 0. The number of hydrogen-bond donors (Lipinski definition) is 3. The number of carbonyl (C=O) groups is 1. The molecule has 0 spiro atoms. The number of rotatable bonds is 5. The first-order chi connectivity index (χ1) is 9.51. The van der Waals surface area contributed by atoms with E-state index in [9.17, 15) is 4.79 Å². The van der Waals surface area contributed by atoms with Crippen LogP contribution in [0.25, 0.3) is 0 Å². The van der Waals surface area contributed by atoms with Gasteiger partial charge in [-0.05, 0) is 24.1 Å². The molecule has 0 aromatic heterocycles. The summed E-state index contributed by atoms with van der Waals surface area (Å²) < 4.78 is 0. The Morgan fingerprint density at radius 1 is 1.50 bits per heavy atom. The van der Waals surface area contributed by atoms with Gasteiger partial charge in [0.2, 0.25) is 5.91 Å². The van der Waals surface area contributed by atoms with Gasteiger partial charge in [-0.2, -0.15) is 0 Å². The topological polar surface area (TPSA) is 79.5 Å². The molecule has 0 radical (unpaired) electrons. The number of anilines is 1. The largest absolute Gasteiger partial charge is 0.370 e. The molecule has 5 heteroatoms. The molecule has 1 amide bonds. The second kappa shape index (κ2) is 7.85. The Labute approximate surface area is 119 Å². The van der Waals surface area contributed by atoms with Gasteiger partial charge in [-0.1, -0.05) is 25.8 Å². The molecule has 1 rings (SSSR count). The highest BCUT2D eigenvalue weighted by molar-refractivity contribution is 5.94. The SMILES string of the molecule is C#Cc1cccc(NC(=O)CN=C(N)NCC(C)C)c1. The molecule has 0 bridgehead atoms. The third-order valence-electron chi connectivity index (χ3n) is 2.40. The molecule has 106 valence electrons. The predicted molar refractivity (Wildman–Crippen MR) is 82.3 cm³/mol. The first-order valence-electron chi connectivity index (χ1n) is 6.41. The van der Waals surface area contributed by atoms with Crippen LogP contribution < -0.4 is 16.4 Å². The molecular formula is C15H20N4O. The molecule has 0 aliphatic carbocycles. The zero-order valence-corrected chi connectivity index (χ0v) is 11.8. The summed E-state index contributed by atoms with van der Waals surface area (Å²) in [7, 11) is 0. The second-order valence-electron chi connectivity index (χ2n) is 4.75. The molecule has 0 aliphatic rings. The molecule has 0 fully saturated rings. The standard InChI is InChI=1S/C15H20N4O/c1-4-12-6-5-7-13(8-12)19-14(20)10-18-15(16)17-9-11(2)3/h1,5-8,11H,9-10H2,2-3H3,(H,19,20)(H3,16,17,18). The lowest BCUT2D eigenvalue weighted by Gasteiger charge is -2.08. The summed E-state index contributed by atoms with van der Waals surface area (Å²) in [6.45, 7) is 4.81. The number of carbonyl (C=O) groups excluding carboxylic acids is 1. The molecule has 0 saturated carbocycles. The van der Waals surface area contributed by atoms with Crippen molar-refractivity contribution in [3.63, 3.8) is 0 Å². The van der Waals surface area contributed by atoms with Crippen LogP contribution in [0, 0.1) is 18.3 Å². The maximum atomic E-state index is 11.7. The highest BCUT2D eigenvalue weighted by Gasteiger charge is 2.02. The number of nitrogens with two attached hydrogens (primary N) is 1. The Balaban J connectivity index is 2.47. The maximum absolute atomic E-state index is 11.7. The first kappa shape index (κ1) is 15.6. The van der Waals surface area contributed by atoms with Gasteiger partial charge in [0.25, 0.3) is 0 Å². The van der Waals surface area contributed by atoms with Crippen LogP contribution in [0.2, 0.25) is 0 Å². The van der Waals surface area contributed by atoms with Gasteiger partial charge in [-0.15, -0.1) is 6.42 Å². The molecule has 1 aromatic carbocycles. The number of aliphatic imine (C=N–C) groups is 1. The fourth-order valence-corrected chi connectivity index (χ4v) is 1.41. The van der Waals surface area contributed by atoms with E-state index in [1.54, 1.807) is 24.3 Å². The van der Waals surface area contributed by atoms with Gasteiger partial charge in [0, 0.05) is 17.8 Å². The lowest BCUT2D eigenvalue weighted by molar-refractivity contribution is -0.114. The van der Waals surface area contributed by atoms with Crippen LogP contribution in [0.15, 0.2) is 29.3 Å². The zero-order valence-electron chi connectivity index (χ0n) is 11.8. The summed E-state index contributed by atoms with van der Waals surface area (Å²) in [6, 6.07) is 7.07. The molecule has 1 aromatic rings. The Bertz CT molecular complexity index is 529. The van der Waals surface area contributed by atoms with Crippen molar-refractivity contribution in [2.24, 2.45) is 16.6 Å². The molecule has 0 unspecified atom stereocenters. The summed E-state index contributed by atoms with van der Waals surface area (Å²) in [4.78, 5) is 15.7. The average Bonchev–Trinajstić information content (AvgIpc) is 2.43. The van der Waals surface area contributed by atoms with Gasteiger partial charge in [0.15, 0.2) is 5.96 Å². The van der Waals surface area contributed by atoms with Crippen molar-refractivity contribution >= 4 is 17.6 Å². The summed E-state index contributed by atoms with van der Waals surface area (Å²) in [5.41, 5.74) is 7.00. The smallest absolute Gasteiger partial charge is 0.246 e. The van der Waals surface area contributed by atoms with Gasteiger partial charge in [-0.3, -0.25) is 4.79 Å². The van der Waals surface area contributed by atoms with Crippen LogP contribution in [0.3, 0.4) is 0 Å². The van der Waals surface area contributed by atoms with Crippen LogP contribution in [-0.2, 0) is 4.79 Å². The minimum absolute atomic E-state index is 0.0305. The summed E-state index contributed by atoms with van der Waals surface area (Å²) in [6.07, 6.45) is 5.30. The minimum atomic E-state index is -0.242. The Morgan fingerprint density at radius 3 is 2.90 bits per heavy atom. The van der Waals surface area contributed by atoms with Crippen LogP contribution in [-0.4, -0.2) is 25.0 Å². The number of benzene rings is 1. The van der Waals surface area contributed by atoms with E-state index >= 15 is 0 Å². The Kier molecular flexibility index (Phi) is 6.11. The first-order valence-corrected chi connectivity index (χ1v) is 6.41. The molecule has 0 aliphatic heterocycles. The normalized spacial score (nSPS) is 11.0. The lowest BCUT2D eigenvalue weighted by Crippen LogP contribution is -2.35. The van der Waals surface area contributed by atoms with E-state index in [1.807, 2.05) is 0 Å². The van der Waals surface area contributed by atoms with Crippen molar-refractivity contribution < 1.29 is 4.79 Å². The van der Waals surface area contributed by atoms with Crippen molar-refractivity contribution in [2.45, 2.75) is 13.8 Å². The molecule has 4 N–H and O–H groups in total. The minimum Gasteiger partial charge on any atom is -0.370 e. The molecule has 0 atom stereocenters. The van der Waals surface area contributed by atoms with E-state index in [0.29, 0.717) is 17.2 Å². The highest BCUT2D eigenvalue weighted by atomic mass is 16.1. The van der Waals surface area contributed by atoms with Crippen LogP contribution in [0.4, 0.5) is 5.69 Å². The third kappa shape index (κ3) is 5.91. The van der Waals surface area contributed by atoms with E-state index in [-0.39, 0.29) is 18.4 Å². The fraction of sp³-hybridized carbons (Fsp3) is 0.333. The lowest BCUT2D eigenvalue weighted by atomic mass is 10.2. The summed E-state index contributed by atoms with van der Waals surface area (Å²) in [5.74, 6) is 3.00. The van der Waals surface area contributed by atoms with Crippen LogP contribution in [0.5, 0.6) is 0 Å². The van der Waals surface area contributed by atoms with E-state index in [4.69, 9.17) is 12.2 Å². The van der Waals surface area contributed by atoms with Crippen molar-refractivity contribution in [1.82, 2.24) is 5.32 Å². The number of guanidine groups is 1. The number of hydrogen-bond acceptors (Lipinski definition) is 2. The molecule has 0 heterocycles. The number of nitrogens with one attached hydrogen (secondary N) is 2. The molecular weight excluding hydrogens is 252 g/mol. The van der Waals surface area contributed by atoms with Gasteiger partial charge < -0.3 is 16.4 Å². The van der Waals surface area contributed by atoms with E-state index < -0.39 is 0 Å². The Morgan fingerprint density at radius 2 is 2.25 bits per heavy atom. The average molecular weight is 272 g/mol. The van der Waals surface area contributed by atoms with Gasteiger partial charge >= 0.3 is 0 Å². The predicted octanol–water partition coefficient (Wildman–Crippen LogP) is 1.17. The molecule has 20 heavy (non-hydrogen) atoms. The monoisotopic (exact) mass is 272 g/mol. The van der Waals surface area contributed by atoms with Gasteiger partial charge in [0.05, 0.1) is 0 Å². The Hall–Kier alpha value is -2.48. The second-order valence-corrected chi connectivity index (χ2v) is 4.75. The number of nitrogens with zero attached hydrogens (tertiary/aromatic N) is 1. The van der Waals surface area contributed by atoms with Crippen molar-refractivity contribution in [2.75, 3.05) is 18.4 Å². The number of terminal acetylenes is 1. The highest BCUT2D eigenvalue weighted by Crippen LogP contribution is 2.09. The molecule has 5 nitrogen and oxygen atoms in total. The maximum Gasteiger partial charge on any atom is 0.246 e. The van der Waals surface area contributed by atoms with Crippen molar-refractivity contribution in [1.29, 1.82) is 0 Å². The third-order valence-corrected chi connectivity index (χ3v) is 2.40. The van der Waals surface area contributed by atoms with E-state index in [2.05, 4.69) is 35.4 Å². The quantitative estimate of drug-likeness (QED) is 0.427. The van der Waals surface area contributed by atoms with E-state index in [1.165, 1.54) is 0 Å². The number of amides is 1. The van der Waals surface area contributed by atoms with E-state index in [0.717, 1.165) is 6.54 Å². The van der Waals surface area contributed by atoms with Gasteiger partial charge in [0.1, 0.15) is 6.54 Å². The van der Waals surface area contributed by atoms with Crippen LogP contribution in [0.1, 0.15) is 19.4 Å². The zero-order chi connectivity index (χ0) is 15.0. The van der Waals surface area contributed by atoms with Gasteiger partial charge in [-0.25, -0.2) is 4.99 Å².